The molecule has 17 heavy (non-hydrogen) atoms. The van der Waals surface area contributed by atoms with Gasteiger partial charge in [0.25, 0.3) is 0 Å². The monoisotopic (exact) mass is 329 g/mol. The number of halogens is 1. The summed E-state index contributed by atoms with van der Waals surface area (Å²) >= 11 is 7.57. The molecule has 0 unspecified atom stereocenters. The van der Waals surface area contributed by atoms with Crippen molar-refractivity contribution in [3.63, 3.8) is 0 Å². The molecule has 86 valence electrons. The van der Waals surface area contributed by atoms with Crippen LogP contribution in [0.2, 0.25) is 5.02 Å². The number of thiophene rings is 1. The molecular weight excluding hydrogens is 321 g/mol. The molecule has 0 saturated heterocycles. The van der Waals surface area contributed by atoms with E-state index in [0.717, 1.165) is 28.6 Å². The quantitative estimate of drug-likeness (QED) is 0.712. The van der Waals surface area contributed by atoms with E-state index in [0.29, 0.717) is 0 Å². The molecule has 3 rings (SSSR count). The predicted molar refractivity (Wildman–Crippen MR) is 73.0 cm³/mol. The Morgan fingerprint density at radius 1 is 1.35 bits per heavy atom. The van der Waals surface area contributed by atoms with Crippen molar-refractivity contribution in [1.29, 1.82) is 0 Å². The molecule has 0 saturated carbocycles. The molecule has 0 amide bonds. The number of hydrogen-bond donors (Lipinski definition) is 1. The van der Waals surface area contributed by atoms with Crippen LogP contribution in [0.5, 0.6) is 0 Å². The van der Waals surface area contributed by atoms with Crippen molar-refractivity contribution < 1.29 is 0 Å². The summed E-state index contributed by atoms with van der Waals surface area (Å²) in [4.78, 5) is 1.22. The number of anilines is 1. The Kier molecular flexibility index (Phi) is 3.16. The first-order valence-electron chi connectivity index (χ1n) is 5.01. The van der Waals surface area contributed by atoms with Crippen LogP contribution < -0.4 is 5.32 Å². The summed E-state index contributed by atoms with van der Waals surface area (Å²) in [5.41, 5.74) is 3.05. The van der Waals surface area contributed by atoms with Crippen LogP contribution in [0.25, 0.3) is 0 Å². The fourth-order valence-electron chi connectivity index (χ4n) is 1.58. The van der Waals surface area contributed by atoms with Gasteiger partial charge >= 0.3 is 114 Å². The zero-order valence-electron chi connectivity index (χ0n) is 8.68. The molecule has 0 spiro atoms. The van der Waals surface area contributed by atoms with E-state index in [1.165, 1.54) is 4.88 Å². The standard InChI is InChI=1S/C11H8ClN3SSe/c12-7-4-8(16-6-7)5-13-9-2-1-3-10-11(9)15-17-14-10/h1-4,6,13H,5H2. The predicted octanol–water partition coefficient (Wildman–Crippen LogP) is 4.36. The van der Waals surface area contributed by atoms with Crippen LogP contribution in [-0.4, -0.2) is 14.6 Å². The van der Waals surface area contributed by atoms with Gasteiger partial charge in [-0.3, -0.25) is 0 Å². The third kappa shape index (κ3) is 2.38. The fourth-order valence-corrected chi connectivity index (χ4v) is 3.74. The van der Waals surface area contributed by atoms with Gasteiger partial charge in [0, 0.05) is 0 Å². The van der Waals surface area contributed by atoms with Gasteiger partial charge in [-0.15, -0.1) is 0 Å². The third-order valence-electron chi connectivity index (χ3n) is 2.36. The van der Waals surface area contributed by atoms with E-state index in [-0.39, 0.29) is 14.6 Å². The first kappa shape index (κ1) is 11.2. The zero-order chi connectivity index (χ0) is 11.7. The molecule has 3 nitrogen and oxygen atoms in total. The Balaban J connectivity index is 1.78. The van der Waals surface area contributed by atoms with Crippen LogP contribution >= 0.6 is 22.9 Å². The van der Waals surface area contributed by atoms with E-state index in [2.05, 4.69) is 13.2 Å². The summed E-state index contributed by atoms with van der Waals surface area (Å²) in [6.07, 6.45) is 0. The van der Waals surface area contributed by atoms with E-state index in [1.807, 2.05) is 29.6 Å². The van der Waals surface area contributed by atoms with E-state index in [4.69, 9.17) is 11.6 Å². The van der Waals surface area contributed by atoms with Crippen molar-refractivity contribution in [2.45, 2.75) is 6.54 Å². The molecule has 2 heterocycles. The van der Waals surface area contributed by atoms with Gasteiger partial charge < -0.3 is 0 Å². The van der Waals surface area contributed by atoms with E-state index in [1.54, 1.807) is 11.3 Å². The second-order valence-corrected chi connectivity index (χ2v) is 6.06. The normalized spacial score (nSPS) is 12.3. The molecule has 0 radical (unpaired) electrons. The van der Waals surface area contributed by atoms with Gasteiger partial charge in [-0.25, -0.2) is 0 Å². The van der Waals surface area contributed by atoms with Crippen LogP contribution in [0, 0.1) is 0 Å². The molecule has 6 heteroatoms. The first-order chi connectivity index (χ1) is 8.33. The molecule has 1 aromatic carbocycles. The van der Waals surface area contributed by atoms with Crippen LogP contribution in [0.4, 0.5) is 17.1 Å². The van der Waals surface area contributed by atoms with Gasteiger partial charge in [-0.05, 0) is 0 Å². The average molecular weight is 329 g/mol. The number of hydrogen-bond acceptors (Lipinski definition) is 4. The van der Waals surface area contributed by atoms with Crippen molar-refractivity contribution in [2.75, 3.05) is 5.32 Å². The summed E-state index contributed by atoms with van der Waals surface area (Å²) in [5.74, 6) is 0. The van der Waals surface area contributed by atoms with Gasteiger partial charge in [0.2, 0.25) is 0 Å². The van der Waals surface area contributed by atoms with Gasteiger partial charge in [0.05, 0.1) is 0 Å². The topological polar surface area (TPSA) is 36.8 Å². The summed E-state index contributed by atoms with van der Waals surface area (Å²) in [6, 6.07) is 8.02. The Hall–Kier alpha value is -0.871. The van der Waals surface area contributed by atoms with Crippen molar-refractivity contribution in [3.05, 3.63) is 39.5 Å². The van der Waals surface area contributed by atoms with E-state index in [9.17, 15) is 0 Å². The molecular formula is C11H8ClN3SSe. The van der Waals surface area contributed by atoms with Crippen LogP contribution in [0.3, 0.4) is 0 Å². The minimum absolute atomic E-state index is 0.0202. The molecule has 1 aromatic heterocycles. The molecule has 0 fully saturated rings. The van der Waals surface area contributed by atoms with Crippen LogP contribution in [0.1, 0.15) is 4.88 Å². The number of fused-ring (bicyclic) bond motifs is 1. The van der Waals surface area contributed by atoms with Crippen molar-refractivity contribution in [2.24, 2.45) is 7.92 Å². The van der Waals surface area contributed by atoms with Gasteiger partial charge in [-0.2, -0.15) is 0 Å². The van der Waals surface area contributed by atoms with Crippen molar-refractivity contribution in [1.82, 2.24) is 0 Å². The Labute approximate surface area is 114 Å². The summed E-state index contributed by atoms with van der Waals surface area (Å²) in [5, 5.41) is 6.12. The minimum atomic E-state index is 0.0202. The second-order valence-electron chi connectivity index (χ2n) is 3.52. The summed E-state index contributed by atoms with van der Waals surface area (Å²) < 4.78 is 8.78. The third-order valence-corrected chi connectivity index (χ3v) is 4.78. The van der Waals surface area contributed by atoms with Crippen LogP contribution in [-0.2, 0) is 6.54 Å². The fraction of sp³-hybridized carbons (Fsp3) is 0.0909. The van der Waals surface area contributed by atoms with Crippen molar-refractivity contribution in [3.8, 4) is 0 Å². The zero-order valence-corrected chi connectivity index (χ0v) is 12.0. The molecule has 1 aliphatic rings. The molecule has 0 atom stereocenters. The number of rotatable bonds is 3. The number of nitrogens with one attached hydrogen (secondary N) is 1. The Morgan fingerprint density at radius 3 is 3.12 bits per heavy atom. The SMILES string of the molecule is Clc1csc(CNc2cccc3c2N=[Se]=N3)c1. The molecule has 2 aromatic rings. The van der Waals surface area contributed by atoms with E-state index >= 15 is 0 Å². The maximum atomic E-state index is 5.89. The maximum absolute atomic E-state index is 5.89. The van der Waals surface area contributed by atoms with Gasteiger partial charge in [-0.1, -0.05) is 0 Å². The number of nitrogens with zero attached hydrogens (tertiary/aromatic N) is 2. The van der Waals surface area contributed by atoms with Crippen LogP contribution in [0.15, 0.2) is 37.6 Å². The van der Waals surface area contributed by atoms with E-state index < -0.39 is 0 Å². The Bertz CT molecular complexity index is 631. The molecule has 0 aliphatic carbocycles. The molecule has 1 N–H and O–H groups in total. The number of benzene rings is 1. The molecule has 0 bridgehead atoms. The first-order valence-corrected chi connectivity index (χ1v) is 7.80. The Morgan fingerprint density at radius 2 is 2.29 bits per heavy atom. The van der Waals surface area contributed by atoms with Gasteiger partial charge in [0.1, 0.15) is 0 Å². The van der Waals surface area contributed by atoms with Crippen molar-refractivity contribution >= 4 is 54.6 Å². The van der Waals surface area contributed by atoms with Gasteiger partial charge in [0.15, 0.2) is 0 Å². The average Bonchev–Trinajstić information content (AvgIpc) is 2.94. The summed E-state index contributed by atoms with van der Waals surface area (Å²) in [7, 11) is 0. The molecule has 1 aliphatic heterocycles. The summed E-state index contributed by atoms with van der Waals surface area (Å²) in [6.45, 7) is 0.774. The second kappa shape index (κ2) is 4.78.